The van der Waals surface area contributed by atoms with Gasteiger partial charge in [0.25, 0.3) is 0 Å². The second kappa shape index (κ2) is 6.87. The van der Waals surface area contributed by atoms with Crippen LogP contribution < -0.4 is 4.31 Å². The van der Waals surface area contributed by atoms with E-state index in [9.17, 15) is 8.42 Å². The van der Waals surface area contributed by atoms with Gasteiger partial charge < -0.3 is 0 Å². The molecule has 2 heterocycles. The van der Waals surface area contributed by atoms with Crippen molar-refractivity contribution in [2.24, 2.45) is 0 Å². The molecule has 7 nitrogen and oxygen atoms in total. The number of nitriles is 1. The summed E-state index contributed by atoms with van der Waals surface area (Å²) in [7, 11) is -3.50. The number of nitrogens with zero attached hydrogens (tertiary/aromatic N) is 5. The molecule has 130 valence electrons. The van der Waals surface area contributed by atoms with Crippen molar-refractivity contribution in [3.05, 3.63) is 48.5 Å². The molecule has 0 bridgehead atoms. The Kier molecular flexibility index (Phi) is 4.61. The van der Waals surface area contributed by atoms with Crippen LogP contribution in [0, 0.1) is 23.7 Å². The molecule has 2 aromatic heterocycles. The minimum Gasteiger partial charge on any atom is -0.282 e. The lowest BCUT2D eigenvalue weighted by Crippen LogP contribution is -2.32. The molecule has 0 spiro atoms. The van der Waals surface area contributed by atoms with E-state index in [-0.39, 0.29) is 18.0 Å². The minimum atomic E-state index is -3.50. The van der Waals surface area contributed by atoms with E-state index in [1.807, 2.05) is 12.1 Å². The quantitative estimate of drug-likeness (QED) is 0.646. The second-order valence-electron chi connectivity index (χ2n) is 5.39. The van der Waals surface area contributed by atoms with Crippen LogP contribution in [-0.2, 0) is 10.0 Å². The van der Waals surface area contributed by atoms with Crippen molar-refractivity contribution in [1.82, 2.24) is 14.4 Å². The molecule has 0 unspecified atom stereocenters. The highest BCUT2D eigenvalue weighted by molar-refractivity contribution is 7.92. The molecule has 0 aliphatic carbocycles. The van der Waals surface area contributed by atoms with Crippen molar-refractivity contribution in [2.45, 2.75) is 6.92 Å². The van der Waals surface area contributed by atoms with E-state index in [4.69, 9.17) is 11.7 Å². The standard InChI is InChI=1S/C18H15N5O2S/c1-3-10-23(26(24,25)4-2)15-7-5-6-14(11-15)17-8-9-20-18-16(12-19)21-13-22(17)18/h1,5-9,11,13H,4,10H2,2H3. The van der Waals surface area contributed by atoms with Crippen molar-refractivity contribution in [1.29, 1.82) is 5.26 Å². The molecule has 0 atom stereocenters. The number of sulfonamides is 1. The highest BCUT2D eigenvalue weighted by atomic mass is 32.2. The number of aromatic nitrogens is 3. The molecule has 0 aliphatic rings. The van der Waals surface area contributed by atoms with E-state index < -0.39 is 10.0 Å². The summed E-state index contributed by atoms with van der Waals surface area (Å²) in [6.07, 6.45) is 8.46. The predicted molar refractivity (Wildman–Crippen MR) is 98.8 cm³/mol. The molecule has 0 saturated carbocycles. The Morgan fingerprint density at radius 3 is 2.81 bits per heavy atom. The van der Waals surface area contributed by atoms with Crippen LogP contribution in [0.25, 0.3) is 16.9 Å². The number of fused-ring (bicyclic) bond motifs is 1. The Labute approximate surface area is 151 Å². The first-order chi connectivity index (χ1) is 12.5. The van der Waals surface area contributed by atoms with Gasteiger partial charge in [-0.3, -0.25) is 8.71 Å². The Bertz CT molecular complexity index is 1150. The topological polar surface area (TPSA) is 91.4 Å². The van der Waals surface area contributed by atoms with Gasteiger partial charge in [0.05, 0.1) is 23.7 Å². The van der Waals surface area contributed by atoms with E-state index in [0.29, 0.717) is 11.3 Å². The van der Waals surface area contributed by atoms with Crippen LogP contribution in [0.5, 0.6) is 0 Å². The Morgan fingerprint density at radius 2 is 2.12 bits per heavy atom. The van der Waals surface area contributed by atoms with Crippen molar-refractivity contribution < 1.29 is 8.42 Å². The third-order valence-electron chi connectivity index (χ3n) is 3.90. The minimum absolute atomic E-state index is 0.0466. The molecular weight excluding hydrogens is 350 g/mol. The smallest absolute Gasteiger partial charge is 0.235 e. The molecule has 0 fully saturated rings. The predicted octanol–water partition coefficient (Wildman–Crippen LogP) is 2.06. The zero-order valence-electron chi connectivity index (χ0n) is 14.0. The molecular formula is C18H15N5O2S. The molecule has 26 heavy (non-hydrogen) atoms. The number of hydrogen-bond donors (Lipinski definition) is 0. The maximum Gasteiger partial charge on any atom is 0.235 e. The van der Waals surface area contributed by atoms with Crippen LogP contribution in [0.2, 0.25) is 0 Å². The second-order valence-corrected chi connectivity index (χ2v) is 7.57. The van der Waals surface area contributed by atoms with Crippen LogP contribution >= 0.6 is 0 Å². The van der Waals surface area contributed by atoms with Gasteiger partial charge >= 0.3 is 0 Å². The lowest BCUT2D eigenvalue weighted by atomic mass is 10.1. The van der Waals surface area contributed by atoms with Crippen molar-refractivity contribution in [3.8, 4) is 29.7 Å². The van der Waals surface area contributed by atoms with E-state index >= 15 is 0 Å². The lowest BCUT2D eigenvalue weighted by Gasteiger charge is -2.22. The zero-order chi connectivity index (χ0) is 18.7. The van der Waals surface area contributed by atoms with Gasteiger partial charge in [-0.25, -0.2) is 18.4 Å². The van der Waals surface area contributed by atoms with Crippen LogP contribution in [0.15, 0.2) is 42.9 Å². The van der Waals surface area contributed by atoms with Crippen molar-refractivity contribution >= 4 is 21.4 Å². The number of imidazole rings is 1. The van der Waals surface area contributed by atoms with Gasteiger partial charge in [0, 0.05) is 11.8 Å². The number of hydrogen-bond acceptors (Lipinski definition) is 5. The molecule has 3 aromatic rings. The summed E-state index contributed by atoms with van der Waals surface area (Å²) in [6.45, 7) is 1.53. The Balaban J connectivity index is 2.15. The summed E-state index contributed by atoms with van der Waals surface area (Å²) < 4.78 is 27.6. The van der Waals surface area contributed by atoms with E-state index in [1.54, 1.807) is 41.8 Å². The van der Waals surface area contributed by atoms with E-state index in [0.717, 1.165) is 11.3 Å². The Hall–Kier alpha value is -3.36. The van der Waals surface area contributed by atoms with Crippen LogP contribution in [0.4, 0.5) is 5.69 Å². The normalized spacial score (nSPS) is 11.0. The van der Waals surface area contributed by atoms with Gasteiger partial charge in [0.15, 0.2) is 11.3 Å². The van der Waals surface area contributed by atoms with Gasteiger partial charge in [-0.15, -0.1) is 6.42 Å². The van der Waals surface area contributed by atoms with Gasteiger partial charge in [-0.2, -0.15) is 5.26 Å². The van der Waals surface area contributed by atoms with Gasteiger partial charge in [-0.05, 0) is 25.1 Å². The number of anilines is 1. The summed E-state index contributed by atoms with van der Waals surface area (Å²) in [5, 5.41) is 9.12. The molecule has 0 saturated heterocycles. The summed E-state index contributed by atoms with van der Waals surface area (Å²) in [6, 6.07) is 10.8. The molecule has 8 heteroatoms. The Morgan fingerprint density at radius 1 is 1.31 bits per heavy atom. The van der Waals surface area contributed by atoms with Crippen LogP contribution in [0.1, 0.15) is 12.6 Å². The first-order valence-corrected chi connectivity index (χ1v) is 9.39. The van der Waals surface area contributed by atoms with Gasteiger partial charge in [-0.1, -0.05) is 18.1 Å². The fourth-order valence-electron chi connectivity index (χ4n) is 2.62. The molecule has 1 aromatic carbocycles. The zero-order valence-corrected chi connectivity index (χ0v) is 14.8. The fourth-order valence-corrected chi connectivity index (χ4v) is 3.64. The highest BCUT2D eigenvalue weighted by Gasteiger charge is 2.20. The van der Waals surface area contributed by atoms with Gasteiger partial charge in [0.2, 0.25) is 10.0 Å². The SMILES string of the molecule is C#CCN(c1cccc(-c2ccnc3c(C#N)ncn23)c1)S(=O)(=O)CC. The average molecular weight is 365 g/mol. The molecule has 0 N–H and O–H groups in total. The third kappa shape index (κ3) is 2.99. The van der Waals surface area contributed by atoms with Crippen LogP contribution in [-0.4, -0.2) is 35.1 Å². The molecule has 0 amide bonds. The first-order valence-electron chi connectivity index (χ1n) is 7.78. The molecule has 0 radical (unpaired) electrons. The number of rotatable bonds is 5. The maximum absolute atomic E-state index is 12.4. The summed E-state index contributed by atoms with van der Waals surface area (Å²) >= 11 is 0. The molecule has 3 rings (SSSR count). The monoisotopic (exact) mass is 365 g/mol. The number of benzene rings is 1. The fraction of sp³-hybridized carbons (Fsp3) is 0.167. The van der Waals surface area contributed by atoms with Crippen molar-refractivity contribution in [2.75, 3.05) is 16.6 Å². The van der Waals surface area contributed by atoms with E-state index in [2.05, 4.69) is 15.9 Å². The summed E-state index contributed by atoms with van der Waals surface area (Å²) in [5.41, 5.74) is 2.64. The molecule has 0 aliphatic heterocycles. The summed E-state index contributed by atoms with van der Waals surface area (Å²) in [5.74, 6) is 2.34. The van der Waals surface area contributed by atoms with Crippen molar-refractivity contribution in [3.63, 3.8) is 0 Å². The number of terminal acetylenes is 1. The largest absolute Gasteiger partial charge is 0.282 e. The third-order valence-corrected chi connectivity index (χ3v) is 5.64. The lowest BCUT2D eigenvalue weighted by molar-refractivity contribution is 0.594. The van der Waals surface area contributed by atoms with Gasteiger partial charge in [0.1, 0.15) is 12.4 Å². The van der Waals surface area contributed by atoms with E-state index in [1.165, 1.54) is 10.6 Å². The maximum atomic E-state index is 12.4. The first kappa shape index (κ1) is 17.5. The summed E-state index contributed by atoms with van der Waals surface area (Å²) in [4.78, 5) is 8.23. The average Bonchev–Trinajstić information content (AvgIpc) is 3.09. The highest BCUT2D eigenvalue weighted by Crippen LogP contribution is 2.27. The van der Waals surface area contributed by atoms with Crippen LogP contribution in [0.3, 0.4) is 0 Å².